The van der Waals surface area contributed by atoms with Crippen LogP contribution in [-0.4, -0.2) is 18.4 Å². The minimum absolute atomic E-state index is 0.0747. The highest BCUT2D eigenvalue weighted by Crippen LogP contribution is 2.26. The minimum Gasteiger partial charge on any atom is -0.482 e. The molecule has 3 aromatic rings. The van der Waals surface area contributed by atoms with Gasteiger partial charge in [-0.2, -0.15) is 5.26 Å². The Morgan fingerprint density at radius 1 is 1.06 bits per heavy atom. The van der Waals surface area contributed by atoms with E-state index in [9.17, 15) is 19.2 Å². The summed E-state index contributed by atoms with van der Waals surface area (Å²) in [6.07, 6.45) is 1.41. The molecule has 0 unspecified atom stereocenters. The van der Waals surface area contributed by atoms with E-state index in [1.165, 1.54) is 42.5 Å². The topological polar surface area (TPSA) is 91.2 Å². The lowest BCUT2D eigenvalue weighted by Crippen LogP contribution is -2.23. The highest BCUT2D eigenvalue weighted by molar-refractivity contribution is 6.32. The molecule has 0 atom stereocenters. The third-order valence-corrected chi connectivity index (χ3v) is 4.71. The van der Waals surface area contributed by atoms with Crippen LogP contribution >= 0.6 is 11.6 Å². The quantitative estimate of drug-likeness (QED) is 0.373. The Balaban J connectivity index is 1.58. The van der Waals surface area contributed by atoms with Gasteiger partial charge in [-0.15, -0.1) is 0 Å². The van der Waals surface area contributed by atoms with Crippen LogP contribution in [-0.2, 0) is 16.1 Å². The number of carbonyl (C=O) groups excluding carboxylic acids is 2. The molecular weight excluding hydrogens is 445 g/mol. The number of ether oxygens (including phenoxy) is 1. The molecule has 0 aromatic heterocycles. The highest BCUT2D eigenvalue weighted by Gasteiger charge is 2.11. The van der Waals surface area contributed by atoms with E-state index in [-0.39, 0.29) is 23.0 Å². The Morgan fingerprint density at radius 3 is 2.45 bits per heavy atom. The minimum atomic E-state index is -0.504. The van der Waals surface area contributed by atoms with Gasteiger partial charge in [-0.05, 0) is 53.6 Å². The first-order valence-corrected chi connectivity index (χ1v) is 10.2. The SMILES string of the molecule is N#C/C(=C\c1ccc(OCC(=O)Nc2ccc(F)cc2)c(Cl)c1)C(=O)NCc1ccccc1. The van der Waals surface area contributed by atoms with Crippen molar-refractivity contribution in [3.05, 3.63) is 100 Å². The zero-order valence-corrected chi connectivity index (χ0v) is 18.1. The second kappa shape index (κ2) is 11.5. The average Bonchev–Trinajstić information content (AvgIpc) is 2.82. The molecular formula is C25H19ClFN3O3. The monoisotopic (exact) mass is 463 g/mol. The van der Waals surface area contributed by atoms with E-state index in [0.29, 0.717) is 17.8 Å². The molecule has 3 rings (SSSR count). The predicted molar refractivity (Wildman–Crippen MR) is 124 cm³/mol. The van der Waals surface area contributed by atoms with Crippen LogP contribution in [0.4, 0.5) is 10.1 Å². The molecule has 0 saturated carbocycles. The summed E-state index contributed by atoms with van der Waals surface area (Å²) < 4.78 is 18.4. The van der Waals surface area contributed by atoms with E-state index in [1.807, 2.05) is 36.4 Å². The zero-order chi connectivity index (χ0) is 23.6. The van der Waals surface area contributed by atoms with Gasteiger partial charge in [0, 0.05) is 12.2 Å². The Kier molecular flexibility index (Phi) is 8.17. The molecule has 0 heterocycles. The number of benzene rings is 3. The molecule has 2 amide bonds. The van der Waals surface area contributed by atoms with E-state index < -0.39 is 17.6 Å². The third kappa shape index (κ3) is 7.20. The van der Waals surface area contributed by atoms with Crippen molar-refractivity contribution in [1.82, 2.24) is 5.32 Å². The van der Waals surface area contributed by atoms with Crippen LogP contribution in [0.25, 0.3) is 6.08 Å². The van der Waals surface area contributed by atoms with Crippen molar-refractivity contribution in [2.75, 3.05) is 11.9 Å². The van der Waals surface area contributed by atoms with Gasteiger partial charge in [0.05, 0.1) is 5.02 Å². The van der Waals surface area contributed by atoms with E-state index in [1.54, 1.807) is 6.07 Å². The van der Waals surface area contributed by atoms with Crippen LogP contribution in [0, 0.1) is 17.1 Å². The summed E-state index contributed by atoms with van der Waals surface area (Å²) in [7, 11) is 0. The Labute approximate surface area is 195 Å². The lowest BCUT2D eigenvalue weighted by Gasteiger charge is -2.09. The van der Waals surface area contributed by atoms with Crippen molar-refractivity contribution in [1.29, 1.82) is 5.26 Å². The summed E-state index contributed by atoms with van der Waals surface area (Å²) in [6, 6.07) is 21.2. The first kappa shape index (κ1) is 23.5. The molecule has 0 aliphatic heterocycles. The maximum Gasteiger partial charge on any atom is 0.262 e. The fourth-order valence-electron chi connectivity index (χ4n) is 2.79. The van der Waals surface area contributed by atoms with Crippen molar-refractivity contribution in [3.63, 3.8) is 0 Å². The summed E-state index contributed by atoms with van der Waals surface area (Å²) >= 11 is 6.23. The van der Waals surface area contributed by atoms with Gasteiger partial charge in [0.15, 0.2) is 6.61 Å². The Bertz CT molecular complexity index is 1210. The average molecular weight is 464 g/mol. The molecule has 0 spiro atoms. The number of anilines is 1. The molecule has 8 heteroatoms. The van der Waals surface area contributed by atoms with Crippen LogP contribution in [0.3, 0.4) is 0 Å². The van der Waals surface area contributed by atoms with Crippen LogP contribution in [0.2, 0.25) is 5.02 Å². The molecule has 33 heavy (non-hydrogen) atoms. The van der Waals surface area contributed by atoms with E-state index in [4.69, 9.17) is 16.3 Å². The number of hydrogen-bond acceptors (Lipinski definition) is 4. The molecule has 0 radical (unpaired) electrons. The first-order chi connectivity index (χ1) is 15.9. The zero-order valence-electron chi connectivity index (χ0n) is 17.3. The highest BCUT2D eigenvalue weighted by atomic mass is 35.5. The summed E-state index contributed by atoms with van der Waals surface area (Å²) in [5.41, 5.74) is 1.80. The van der Waals surface area contributed by atoms with Crippen LogP contribution in [0.1, 0.15) is 11.1 Å². The fraction of sp³-hybridized carbons (Fsp3) is 0.0800. The number of nitrogens with zero attached hydrogens (tertiary/aromatic N) is 1. The largest absolute Gasteiger partial charge is 0.482 e. The van der Waals surface area contributed by atoms with Gasteiger partial charge >= 0.3 is 0 Å². The number of carbonyl (C=O) groups is 2. The molecule has 0 aliphatic rings. The van der Waals surface area contributed by atoms with Gasteiger partial charge in [0.1, 0.15) is 23.2 Å². The Morgan fingerprint density at radius 2 is 1.79 bits per heavy atom. The second-order valence-corrected chi connectivity index (χ2v) is 7.28. The van der Waals surface area contributed by atoms with Crippen LogP contribution in [0.5, 0.6) is 5.75 Å². The van der Waals surface area contributed by atoms with Gasteiger partial charge in [-0.3, -0.25) is 9.59 Å². The standard InChI is InChI=1S/C25H19ClFN3O3/c26-22-13-18(12-19(14-28)25(32)29-15-17-4-2-1-3-5-17)6-11-23(22)33-16-24(31)30-21-9-7-20(27)8-10-21/h1-13H,15-16H2,(H,29,32)(H,30,31)/b19-12+. The summed E-state index contributed by atoms with van der Waals surface area (Å²) in [5, 5.41) is 14.8. The number of nitriles is 1. The van der Waals surface area contributed by atoms with Gasteiger partial charge < -0.3 is 15.4 Å². The second-order valence-electron chi connectivity index (χ2n) is 6.87. The molecule has 2 N–H and O–H groups in total. The van der Waals surface area contributed by atoms with E-state index in [0.717, 1.165) is 5.56 Å². The van der Waals surface area contributed by atoms with Gasteiger partial charge in [-0.1, -0.05) is 48.0 Å². The number of hydrogen-bond donors (Lipinski definition) is 2. The maximum absolute atomic E-state index is 12.9. The summed E-state index contributed by atoms with van der Waals surface area (Å²) in [5.74, 6) is -1.09. The van der Waals surface area contributed by atoms with Crippen LogP contribution in [0.15, 0.2) is 78.4 Å². The number of amides is 2. The van der Waals surface area contributed by atoms with E-state index >= 15 is 0 Å². The predicted octanol–water partition coefficient (Wildman–Crippen LogP) is 4.72. The summed E-state index contributed by atoms with van der Waals surface area (Å²) in [4.78, 5) is 24.3. The van der Waals surface area contributed by atoms with Gasteiger partial charge in [0.2, 0.25) is 0 Å². The van der Waals surface area contributed by atoms with Crippen molar-refractivity contribution in [3.8, 4) is 11.8 Å². The Hall–Kier alpha value is -4.15. The fourth-order valence-corrected chi connectivity index (χ4v) is 3.03. The smallest absolute Gasteiger partial charge is 0.262 e. The van der Waals surface area contributed by atoms with Crippen molar-refractivity contribution in [2.45, 2.75) is 6.54 Å². The number of rotatable bonds is 8. The van der Waals surface area contributed by atoms with Crippen LogP contribution < -0.4 is 15.4 Å². The molecule has 0 bridgehead atoms. The van der Waals surface area contributed by atoms with E-state index in [2.05, 4.69) is 10.6 Å². The first-order valence-electron chi connectivity index (χ1n) is 9.86. The third-order valence-electron chi connectivity index (χ3n) is 4.41. The molecule has 0 aliphatic carbocycles. The van der Waals surface area contributed by atoms with Gasteiger partial charge in [0.25, 0.3) is 11.8 Å². The molecule has 0 fully saturated rings. The molecule has 6 nitrogen and oxygen atoms in total. The lowest BCUT2D eigenvalue weighted by atomic mass is 10.1. The molecule has 0 saturated heterocycles. The normalized spacial score (nSPS) is 10.8. The lowest BCUT2D eigenvalue weighted by molar-refractivity contribution is -0.118. The molecule has 166 valence electrons. The van der Waals surface area contributed by atoms with Crippen molar-refractivity contribution in [2.24, 2.45) is 0 Å². The van der Waals surface area contributed by atoms with Crippen molar-refractivity contribution >= 4 is 35.2 Å². The van der Waals surface area contributed by atoms with Crippen molar-refractivity contribution < 1.29 is 18.7 Å². The molecule has 3 aromatic carbocycles. The maximum atomic E-state index is 12.9. The van der Waals surface area contributed by atoms with Gasteiger partial charge in [-0.25, -0.2) is 4.39 Å². The number of halogens is 2. The number of nitrogens with one attached hydrogen (secondary N) is 2. The summed E-state index contributed by atoms with van der Waals surface area (Å²) in [6.45, 7) is -0.0101.